The fraction of sp³-hybridized carbons (Fsp3) is 0. The predicted molar refractivity (Wildman–Crippen MR) is 40.0 cm³/mol. The van der Waals surface area contributed by atoms with Crippen molar-refractivity contribution >= 4 is 25.6 Å². The van der Waals surface area contributed by atoms with E-state index in [1.165, 1.54) is 0 Å². The Bertz CT molecular complexity index is 131. The highest BCUT2D eigenvalue weighted by atomic mass is 16.2. The number of urea groups is 2. The van der Waals surface area contributed by atoms with Gasteiger partial charge in [0, 0.05) is 0 Å². The van der Waals surface area contributed by atoms with E-state index >= 15 is 0 Å². The number of nitrogens with zero attached hydrogens (tertiary/aromatic N) is 1. The molecule has 0 bridgehead atoms. The maximum atomic E-state index is 9.36. The summed E-state index contributed by atoms with van der Waals surface area (Å²) in [6.07, 6.45) is 0. The normalized spacial score (nSPS) is 5.45. The molecular formula is C4H10N4O3. The first-order valence-corrected chi connectivity index (χ1v) is 2.10. The second-order valence-corrected chi connectivity index (χ2v) is 0.899. The number of hydrogen-bond acceptors (Lipinski definition) is 3. The highest BCUT2D eigenvalue weighted by molar-refractivity contribution is 5.76. The maximum absolute atomic E-state index is 9.36. The molecule has 0 unspecified atom stereocenters. The predicted octanol–water partition coefficient (Wildman–Crippen LogP) is -1.40. The van der Waals surface area contributed by atoms with Gasteiger partial charge in [-0.05, 0) is 6.72 Å². The van der Waals surface area contributed by atoms with Gasteiger partial charge in [-0.15, -0.1) is 0 Å². The summed E-state index contributed by atoms with van der Waals surface area (Å²) in [7, 11) is 0. The van der Waals surface area contributed by atoms with Crippen LogP contribution in [0.5, 0.6) is 0 Å². The van der Waals surface area contributed by atoms with Crippen molar-refractivity contribution < 1.29 is 14.4 Å². The van der Waals surface area contributed by atoms with Gasteiger partial charge in [0.2, 0.25) is 0 Å². The monoisotopic (exact) mass is 162 g/mol. The Morgan fingerprint density at radius 2 is 1.18 bits per heavy atom. The van der Waals surface area contributed by atoms with Gasteiger partial charge in [0.05, 0.1) is 0 Å². The van der Waals surface area contributed by atoms with Crippen molar-refractivity contribution in [2.24, 2.45) is 22.2 Å². The zero-order chi connectivity index (χ0) is 9.86. The van der Waals surface area contributed by atoms with Crippen LogP contribution in [0.25, 0.3) is 0 Å². The number of primary amides is 3. The summed E-state index contributed by atoms with van der Waals surface area (Å²) in [6.45, 7) is 4.84. The molecule has 7 heteroatoms. The second kappa shape index (κ2) is 15.7. The summed E-state index contributed by atoms with van der Waals surface area (Å²) in [5.74, 6) is 0. The molecule has 0 aromatic rings. The lowest BCUT2D eigenvalue weighted by molar-refractivity contribution is -0.0979. The number of aliphatic imine (C=N–C) groups is 1. The van der Waals surface area contributed by atoms with Gasteiger partial charge < -0.3 is 22.0 Å². The van der Waals surface area contributed by atoms with Crippen LogP contribution in [0.2, 0.25) is 0 Å². The molecule has 6 N–H and O–H groups in total. The third-order valence-electron chi connectivity index (χ3n) is 0.156. The van der Waals surface area contributed by atoms with Gasteiger partial charge in [0.15, 0.2) is 0 Å². The van der Waals surface area contributed by atoms with Crippen LogP contribution in [-0.4, -0.2) is 25.6 Å². The SMILES string of the molecule is C=NC(N)=O.C=O.NC(N)=O. The van der Waals surface area contributed by atoms with E-state index in [0.29, 0.717) is 0 Å². The van der Waals surface area contributed by atoms with E-state index in [0.717, 1.165) is 0 Å². The molecule has 0 aromatic carbocycles. The van der Waals surface area contributed by atoms with Crippen LogP contribution in [-0.2, 0) is 4.79 Å². The van der Waals surface area contributed by atoms with Crippen LogP contribution >= 0.6 is 0 Å². The number of amides is 4. The Kier molecular flexibility index (Phi) is 22.9. The quantitative estimate of drug-likeness (QED) is 0.377. The molecule has 0 rings (SSSR count). The van der Waals surface area contributed by atoms with Gasteiger partial charge in [0.25, 0.3) is 0 Å². The first-order chi connectivity index (χ1) is 5.00. The smallest absolute Gasteiger partial charge is 0.337 e. The fourth-order valence-corrected chi connectivity index (χ4v) is 0. The van der Waals surface area contributed by atoms with E-state index in [-0.39, 0.29) is 0 Å². The van der Waals surface area contributed by atoms with Gasteiger partial charge in [-0.3, -0.25) is 0 Å². The fourth-order valence-electron chi connectivity index (χ4n) is 0. The summed E-state index contributed by atoms with van der Waals surface area (Å²) in [4.78, 5) is 29.1. The van der Waals surface area contributed by atoms with Crippen molar-refractivity contribution in [1.29, 1.82) is 0 Å². The molecule has 0 radical (unpaired) electrons. The van der Waals surface area contributed by atoms with E-state index in [4.69, 9.17) is 9.59 Å². The Hall–Kier alpha value is -1.92. The molecule has 0 aliphatic carbocycles. The number of carbonyl (C=O) groups is 3. The van der Waals surface area contributed by atoms with Crippen LogP contribution in [0.3, 0.4) is 0 Å². The molecule has 4 amide bonds. The van der Waals surface area contributed by atoms with Gasteiger partial charge in [-0.25, -0.2) is 14.6 Å². The summed E-state index contributed by atoms with van der Waals surface area (Å²) in [6, 6.07) is -1.56. The van der Waals surface area contributed by atoms with Gasteiger partial charge in [0.1, 0.15) is 6.79 Å². The Morgan fingerprint density at radius 1 is 1.09 bits per heavy atom. The van der Waals surface area contributed by atoms with Crippen LogP contribution in [0.4, 0.5) is 9.59 Å². The van der Waals surface area contributed by atoms with Gasteiger partial charge in [-0.2, -0.15) is 0 Å². The van der Waals surface area contributed by atoms with Crippen molar-refractivity contribution in [1.82, 2.24) is 0 Å². The molecule has 11 heavy (non-hydrogen) atoms. The van der Waals surface area contributed by atoms with Crippen molar-refractivity contribution in [2.75, 3.05) is 0 Å². The minimum Gasteiger partial charge on any atom is -0.352 e. The minimum absolute atomic E-state index is 0.731. The van der Waals surface area contributed by atoms with E-state index < -0.39 is 12.1 Å². The van der Waals surface area contributed by atoms with Crippen LogP contribution in [0, 0.1) is 0 Å². The lowest BCUT2D eigenvalue weighted by Gasteiger charge is -1.66. The van der Waals surface area contributed by atoms with Gasteiger partial charge >= 0.3 is 12.1 Å². The molecule has 7 nitrogen and oxygen atoms in total. The largest absolute Gasteiger partial charge is 0.352 e. The van der Waals surface area contributed by atoms with Crippen molar-refractivity contribution in [2.45, 2.75) is 0 Å². The minimum atomic E-state index is -0.833. The molecule has 64 valence electrons. The van der Waals surface area contributed by atoms with Crippen molar-refractivity contribution in [3.8, 4) is 0 Å². The highest BCUT2D eigenvalue weighted by Gasteiger charge is 1.70. The van der Waals surface area contributed by atoms with E-state index in [2.05, 4.69) is 28.9 Å². The second-order valence-electron chi connectivity index (χ2n) is 0.899. The average Bonchev–Trinajstić information content (AvgIpc) is 1.91. The lowest BCUT2D eigenvalue weighted by atomic mass is 11.1. The van der Waals surface area contributed by atoms with E-state index in [1.54, 1.807) is 0 Å². The van der Waals surface area contributed by atoms with Crippen LogP contribution in [0.1, 0.15) is 0 Å². The number of carbonyl (C=O) groups excluding carboxylic acids is 3. The number of hydrogen-bond donors (Lipinski definition) is 3. The molecule has 0 atom stereocenters. The number of rotatable bonds is 0. The maximum Gasteiger partial charge on any atom is 0.337 e. The molecule has 0 aliphatic rings. The van der Waals surface area contributed by atoms with Crippen LogP contribution < -0.4 is 17.2 Å². The average molecular weight is 162 g/mol. The molecule has 0 aliphatic heterocycles. The Labute approximate surface area is 63.2 Å². The molecule has 0 heterocycles. The molecule has 0 spiro atoms. The standard InChI is InChI=1S/C2H4N2O.CH4N2O.CH2O/c1-4-2(3)5;2-1(3)4;1-2/h1H2,(H2,3,5);(H4,2,3,4);1H2. The summed E-state index contributed by atoms with van der Waals surface area (Å²) in [5, 5.41) is 0. The lowest BCUT2D eigenvalue weighted by Crippen LogP contribution is -2.18. The first-order valence-electron chi connectivity index (χ1n) is 2.10. The van der Waals surface area contributed by atoms with Crippen molar-refractivity contribution in [3.05, 3.63) is 0 Å². The number of nitrogens with two attached hydrogens (primary N) is 3. The van der Waals surface area contributed by atoms with E-state index in [9.17, 15) is 4.79 Å². The third-order valence-corrected chi connectivity index (χ3v) is 0.156. The zero-order valence-corrected chi connectivity index (χ0v) is 5.82. The summed E-state index contributed by atoms with van der Waals surface area (Å²) < 4.78 is 0. The summed E-state index contributed by atoms with van der Waals surface area (Å²) >= 11 is 0. The van der Waals surface area contributed by atoms with Gasteiger partial charge in [-0.1, -0.05) is 0 Å². The summed E-state index contributed by atoms with van der Waals surface area (Å²) in [5.41, 5.74) is 12.9. The highest BCUT2D eigenvalue weighted by Crippen LogP contribution is 1.53. The van der Waals surface area contributed by atoms with E-state index in [1.807, 2.05) is 6.79 Å². The van der Waals surface area contributed by atoms with Crippen molar-refractivity contribution in [3.63, 3.8) is 0 Å². The topological polar surface area (TPSA) is 142 Å². The first kappa shape index (κ1) is 16.0. The third kappa shape index (κ3) is 46700. The molecule has 0 saturated heterocycles. The van der Waals surface area contributed by atoms with Crippen LogP contribution in [0.15, 0.2) is 4.99 Å². The Balaban J connectivity index is -0.0000000965. The molecule has 0 saturated carbocycles. The zero-order valence-electron chi connectivity index (χ0n) is 5.82. The molecule has 0 fully saturated rings. The molecule has 0 aromatic heterocycles. The molecular weight excluding hydrogens is 152 g/mol. The Morgan fingerprint density at radius 3 is 1.18 bits per heavy atom.